The van der Waals surface area contributed by atoms with Crippen molar-refractivity contribution >= 4 is 29.3 Å². The van der Waals surface area contributed by atoms with Gasteiger partial charge in [0.25, 0.3) is 5.91 Å². The number of thioether (sulfide) groups is 1. The Labute approximate surface area is 144 Å². The summed E-state index contributed by atoms with van der Waals surface area (Å²) in [6, 6.07) is 15.8. The number of carbonyl (C=O) groups is 2. The Kier molecular flexibility index (Phi) is 3.86. The van der Waals surface area contributed by atoms with Gasteiger partial charge in [0.2, 0.25) is 5.91 Å². The summed E-state index contributed by atoms with van der Waals surface area (Å²) in [6.45, 7) is 1.28. The highest BCUT2D eigenvalue weighted by Gasteiger charge is 2.24. The number of nitrogens with zero attached hydrogens (tertiary/aromatic N) is 1. The van der Waals surface area contributed by atoms with Crippen LogP contribution in [-0.2, 0) is 22.6 Å². The van der Waals surface area contributed by atoms with Gasteiger partial charge in [-0.2, -0.15) is 0 Å². The fourth-order valence-corrected chi connectivity index (χ4v) is 3.91. The van der Waals surface area contributed by atoms with Crippen LogP contribution in [0.15, 0.2) is 64.4 Å². The molecular weight excluding hydrogens is 320 g/mol. The summed E-state index contributed by atoms with van der Waals surface area (Å²) in [4.78, 5) is 28.0. The van der Waals surface area contributed by atoms with Crippen LogP contribution >= 0.6 is 11.8 Å². The first-order valence-corrected chi connectivity index (χ1v) is 8.68. The van der Waals surface area contributed by atoms with Gasteiger partial charge >= 0.3 is 0 Å². The lowest BCUT2D eigenvalue weighted by Gasteiger charge is -2.28. The van der Waals surface area contributed by atoms with E-state index in [0.717, 1.165) is 17.0 Å². The van der Waals surface area contributed by atoms with Gasteiger partial charge in [-0.05, 0) is 29.7 Å². The minimum Gasteiger partial charge on any atom is -0.334 e. The highest BCUT2D eigenvalue weighted by atomic mass is 32.2. The standard InChI is InChI=1S/C19H16N2O2S/c22-18(21-10-9-13-5-1-2-6-14(13)12-21)11-17-19(23)20-15-7-3-4-8-16(15)24-17/h1-8,11H,9-10,12H2,(H,20,23)/b17-11-. The number of benzene rings is 2. The number of hydrogen-bond acceptors (Lipinski definition) is 3. The Hall–Kier alpha value is -2.53. The van der Waals surface area contributed by atoms with E-state index in [-0.39, 0.29) is 11.8 Å². The molecule has 4 rings (SSSR count). The average molecular weight is 336 g/mol. The lowest BCUT2D eigenvalue weighted by atomic mass is 10.00. The van der Waals surface area contributed by atoms with E-state index in [0.29, 0.717) is 18.0 Å². The van der Waals surface area contributed by atoms with Gasteiger partial charge in [0.05, 0.1) is 10.6 Å². The van der Waals surface area contributed by atoms with Crippen LogP contribution in [-0.4, -0.2) is 23.3 Å². The Morgan fingerprint density at radius 2 is 1.83 bits per heavy atom. The summed E-state index contributed by atoms with van der Waals surface area (Å²) < 4.78 is 0. The van der Waals surface area contributed by atoms with E-state index < -0.39 is 0 Å². The smallest absolute Gasteiger partial charge is 0.262 e. The molecule has 0 spiro atoms. The Morgan fingerprint density at radius 3 is 2.71 bits per heavy atom. The van der Waals surface area contributed by atoms with E-state index in [9.17, 15) is 9.59 Å². The number of nitrogens with one attached hydrogen (secondary N) is 1. The second-order valence-electron chi connectivity index (χ2n) is 5.84. The first-order chi connectivity index (χ1) is 11.7. The van der Waals surface area contributed by atoms with Crippen molar-refractivity contribution in [1.29, 1.82) is 0 Å². The molecule has 0 saturated heterocycles. The molecule has 2 heterocycles. The zero-order chi connectivity index (χ0) is 16.5. The van der Waals surface area contributed by atoms with Gasteiger partial charge in [-0.3, -0.25) is 9.59 Å². The molecule has 120 valence electrons. The van der Waals surface area contributed by atoms with E-state index in [1.807, 2.05) is 36.4 Å². The highest BCUT2D eigenvalue weighted by Crippen LogP contribution is 2.37. The maximum atomic E-state index is 12.6. The molecule has 0 bridgehead atoms. The van der Waals surface area contributed by atoms with Crippen LogP contribution in [0.25, 0.3) is 0 Å². The monoisotopic (exact) mass is 336 g/mol. The first-order valence-electron chi connectivity index (χ1n) is 7.86. The van der Waals surface area contributed by atoms with Crippen molar-refractivity contribution in [3.63, 3.8) is 0 Å². The first kappa shape index (κ1) is 15.0. The largest absolute Gasteiger partial charge is 0.334 e. The quantitative estimate of drug-likeness (QED) is 0.814. The number of carbonyl (C=O) groups excluding carboxylic acids is 2. The molecule has 2 aromatic rings. The maximum Gasteiger partial charge on any atom is 0.262 e. The van der Waals surface area contributed by atoms with Crippen LogP contribution in [0.5, 0.6) is 0 Å². The zero-order valence-corrected chi connectivity index (χ0v) is 13.8. The number of para-hydroxylation sites is 1. The molecule has 2 aliphatic heterocycles. The molecule has 2 aliphatic rings. The topological polar surface area (TPSA) is 49.4 Å². The molecule has 0 atom stereocenters. The Balaban J connectivity index is 1.54. The summed E-state index contributed by atoms with van der Waals surface area (Å²) in [5, 5.41) is 2.84. The van der Waals surface area contributed by atoms with Gasteiger partial charge in [-0.15, -0.1) is 0 Å². The number of anilines is 1. The third kappa shape index (κ3) is 2.83. The van der Waals surface area contributed by atoms with Crippen LogP contribution < -0.4 is 5.32 Å². The minimum atomic E-state index is -0.218. The summed E-state index contributed by atoms with van der Waals surface area (Å²) in [7, 11) is 0. The summed E-state index contributed by atoms with van der Waals surface area (Å²) in [6.07, 6.45) is 2.32. The van der Waals surface area contributed by atoms with Crippen LogP contribution in [0.1, 0.15) is 11.1 Å². The molecule has 0 fully saturated rings. The predicted molar refractivity (Wildman–Crippen MR) is 94.6 cm³/mol. The molecule has 0 radical (unpaired) electrons. The van der Waals surface area contributed by atoms with Crippen molar-refractivity contribution in [3.8, 4) is 0 Å². The van der Waals surface area contributed by atoms with Crippen LogP contribution in [0.3, 0.4) is 0 Å². The molecular formula is C19H16N2O2S. The summed E-state index contributed by atoms with van der Waals surface area (Å²) >= 11 is 1.34. The van der Waals surface area contributed by atoms with Crippen LogP contribution in [0.4, 0.5) is 5.69 Å². The number of amides is 2. The lowest BCUT2D eigenvalue weighted by molar-refractivity contribution is -0.127. The van der Waals surface area contributed by atoms with Crippen molar-refractivity contribution in [3.05, 3.63) is 70.6 Å². The van der Waals surface area contributed by atoms with Gasteiger partial charge in [0.1, 0.15) is 0 Å². The molecule has 4 nitrogen and oxygen atoms in total. The predicted octanol–water partition coefficient (Wildman–Crippen LogP) is 3.20. The summed E-state index contributed by atoms with van der Waals surface area (Å²) in [5.74, 6) is -0.328. The highest BCUT2D eigenvalue weighted by molar-refractivity contribution is 8.04. The van der Waals surface area contributed by atoms with Crippen LogP contribution in [0, 0.1) is 0 Å². The molecule has 2 amide bonds. The normalized spacial score (nSPS) is 17.9. The van der Waals surface area contributed by atoms with E-state index in [2.05, 4.69) is 17.4 Å². The van der Waals surface area contributed by atoms with Gasteiger partial charge in [0.15, 0.2) is 0 Å². The minimum absolute atomic E-state index is 0.110. The molecule has 0 aliphatic carbocycles. The average Bonchev–Trinajstić information content (AvgIpc) is 2.62. The fourth-order valence-electron chi connectivity index (χ4n) is 2.99. The lowest BCUT2D eigenvalue weighted by Crippen LogP contribution is -2.35. The van der Waals surface area contributed by atoms with Crippen molar-refractivity contribution in [1.82, 2.24) is 4.90 Å². The molecule has 24 heavy (non-hydrogen) atoms. The van der Waals surface area contributed by atoms with Gasteiger partial charge in [0, 0.05) is 24.1 Å². The van der Waals surface area contributed by atoms with Crippen molar-refractivity contribution in [2.75, 3.05) is 11.9 Å². The second kappa shape index (κ2) is 6.17. The summed E-state index contributed by atoms with van der Waals surface area (Å²) in [5.41, 5.74) is 3.28. The van der Waals surface area contributed by atoms with Gasteiger partial charge in [-0.25, -0.2) is 0 Å². The third-order valence-electron chi connectivity index (χ3n) is 4.28. The van der Waals surface area contributed by atoms with Crippen LogP contribution in [0.2, 0.25) is 0 Å². The number of fused-ring (bicyclic) bond motifs is 2. The number of hydrogen-bond donors (Lipinski definition) is 1. The molecule has 5 heteroatoms. The van der Waals surface area contributed by atoms with Gasteiger partial charge < -0.3 is 10.2 Å². The third-order valence-corrected chi connectivity index (χ3v) is 5.37. The molecule has 2 aromatic carbocycles. The van der Waals surface area contributed by atoms with E-state index in [1.54, 1.807) is 4.90 Å². The maximum absolute atomic E-state index is 12.6. The Morgan fingerprint density at radius 1 is 1.08 bits per heavy atom. The van der Waals surface area contributed by atoms with Crippen molar-refractivity contribution in [2.45, 2.75) is 17.9 Å². The molecule has 1 N–H and O–H groups in total. The van der Waals surface area contributed by atoms with E-state index in [1.165, 1.54) is 29.0 Å². The molecule has 0 aromatic heterocycles. The van der Waals surface area contributed by atoms with Gasteiger partial charge in [-0.1, -0.05) is 48.2 Å². The second-order valence-corrected chi connectivity index (χ2v) is 6.92. The van der Waals surface area contributed by atoms with E-state index >= 15 is 0 Å². The SMILES string of the molecule is O=C1Nc2ccccc2S/C1=C\C(=O)N1CCc2ccccc2C1. The molecule has 0 saturated carbocycles. The number of rotatable bonds is 1. The van der Waals surface area contributed by atoms with Crippen molar-refractivity contribution < 1.29 is 9.59 Å². The van der Waals surface area contributed by atoms with E-state index in [4.69, 9.17) is 0 Å². The fraction of sp³-hybridized carbons (Fsp3) is 0.158. The zero-order valence-electron chi connectivity index (χ0n) is 13.0. The van der Waals surface area contributed by atoms with Crippen molar-refractivity contribution in [2.24, 2.45) is 0 Å². The molecule has 0 unspecified atom stereocenters. The Bertz CT molecular complexity index is 860.